The first-order valence-electron chi connectivity index (χ1n) is 6.29. The predicted octanol–water partition coefficient (Wildman–Crippen LogP) is 3.22. The highest BCUT2D eigenvalue weighted by Crippen LogP contribution is 2.33. The molecule has 1 aromatic carbocycles. The molecule has 6 heteroatoms. The highest BCUT2D eigenvalue weighted by molar-refractivity contribution is 7.98. The third-order valence-electron chi connectivity index (χ3n) is 2.99. The summed E-state index contributed by atoms with van der Waals surface area (Å²) in [6.45, 7) is 0. The van der Waals surface area contributed by atoms with Gasteiger partial charge < -0.3 is 5.73 Å². The second kappa shape index (κ2) is 5.79. The summed E-state index contributed by atoms with van der Waals surface area (Å²) in [6, 6.07) is 12.4. The molecule has 2 aromatic heterocycles. The zero-order valence-electron chi connectivity index (χ0n) is 11.0. The Kier molecular flexibility index (Phi) is 3.86. The van der Waals surface area contributed by atoms with Crippen molar-refractivity contribution in [2.45, 2.75) is 10.6 Å². The number of rotatable bonds is 3. The zero-order chi connectivity index (χ0) is 14.8. The molecule has 21 heavy (non-hydrogen) atoms. The van der Waals surface area contributed by atoms with Crippen LogP contribution in [0.2, 0.25) is 5.02 Å². The molecule has 0 aliphatic rings. The lowest BCUT2D eigenvalue weighted by atomic mass is 10.3. The van der Waals surface area contributed by atoms with E-state index in [1.165, 1.54) is 22.2 Å². The van der Waals surface area contributed by atoms with Crippen molar-refractivity contribution in [2.24, 2.45) is 0 Å². The minimum absolute atomic E-state index is 0.0941. The van der Waals surface area contributed by atoms with Crippen LogP contribution in [0.5, 0.6) is 0 Å². The van der Waals surface area contributed by atoms with Gasteiger partial charge in [0.05, 0.1) is 10.7 Å². The number of aromatic nitrogens is 2. The Morgan fingerprint density at radius 2 is 2.10 bits per heavy atom. The van der Waals surface area contributed by atoms with Gasteiger partial charge in [0, 0.05) is 28.6 Å². The number of fused-ring (bicyclic) bond motifs is 1. The van der Waals surface area contributed by atoms with Crippen LogP contribution >= 0.6 is 23.4 Å². The standard InChI is InChI=1S/C15H12ClN3OS/c16-11-4-3-5-12(17)15(11)21-9-10-8-14(20)19-7-2-1-6-13(19)18-10/h1-8H,9,17H2. The molecule has 0 spiro atoms. The van der Waals surface area contributed by atoms with Crippen LogP contribution in [0.1, 0.15) is 5.69 Å². The van der Waals surface area contributed by atoms with Gasteiger partial charge in [-0.25, -0.2) is 4.98 Å². The van der Waals surface area contributed by atoms with E-state index in [9.17, 15) is 4.79 Å². The molecule has 0 fully saturated rings. The summed E-state index contributed by atoms with van der Waals surface area (Å²) in [4.78, 5) is 17.3. The first kappa shape index (κ1) is 14.0. The molecule has 0 aliphatic carbocycles. The van der Waals surface area contributed by atoms with E-state index in [1.807, 2.05) is 12.1 Å². The molecule has 4 nitrogen and oxygen atoms in total. The molecule has 106 valence electrons. The highest BCUT2D eigenvalue weighted by Gasteiger charge is 2.07. The van der Waals surface area contributed by atoms with E-state index in [1.54, 1.807) is 30.5 Å². The van der Waals surface area contributed by atoms with Crippen molar-refractivity contribution in [1.29, 1.82) is 0 Å². The average molecular weight is 318 g/mol. The van der Waals surface area contributed by atoms with E-state index in [4.69, 9.17) is 17.3 Å². The van der Waals surface area contributed by atoms with Gasteiger partial charge >= 0.3 is 0 Å². The Morgan fingerprint density at radius 3 is 2.90 bits per heavy atom. The number of hydrogen-bond acceptors (Lipinski definition) is 4. The van der Waals surface area contributed by atoms with Gasteiger partial charge in [-0.1, -0.05) is 23.7 Å². The lowest BCUT2D eigenvalue weighted by Gasteiger charge is -2.07. The van der Waals surface area contributed by atoms with Gasteiger partial charge in [-0.05, 0) is 24.3 Å². The fraction of sp³-hybridized carbons (Fsp3) is 0.0667. The van der Waals surface area contributed by atoms with Gasteiger partial charge in [0.25, 0.3) is 5.56 Å². The number of thioether (sulfide) groups is 1. The first-order chi connectivity index (χ1) is 10.1. The Labute approximate surface area is 130 Å². The molecule has 3 rings (SSSR count). The van der Waals surface area contributed by atoms with Crippen LogP contribution in [0.15, 0.2) is 58.4 Å². The molecule has 2 heterocycles. The molecule has 0 unspecified atom stereocenters. The van der Waals surface area contributed by atoms with Gasteiger partial charge in [-0.15, -0.1) is 11.8 Å². The van der Waals surface area contributed by atoms with Crippen molar-refractivity contribution in [3.8, 4) is 0 Å². The number of nitrogens with zero attached hydrogens (tertiary/aromatic N) is 2. The second-order valence-electron chi connectivity index (χ2n) is 4.46. The van der Waals surface area contributed by atoms with E-state index < -0.39 is 0 Å². The number of benzene rings is 1. The minimum Gasteiger partial charge on any atom is -0.398 e. The molecule has 0 amide bonds. The van der Waals surface area contributed by atoms with Crippen LogP contribution in [0, 0.1) is 0 Å². The van der Waals surface area contributed by atoms with Crippen LogP contribution in [-0.4, -0.2) is 9.38 Å². The van der Waals surface area contributed by atoms with Crippen molar-refractivity contribution in [2.75, 3.05) is 5.73 Å². The van der Waals surface area contributed by atoms with E-state index >= 15 is 0 Å². The molecule has 2 N–H and O–H groups in total. The second-order valence-corrected chi connectivity index (χ2v) is 5.85. The summed E-state index contributed by atoms with van der Waals surface area (Å²) >= 11 is 7.61. The van der Waals surface area contributed by atoms with E-state index in [0.717, 1.165) is 4.90 Å². The van der Waals surface area contributed by atoms with Crippen molar-refractivity contribution < 1.29 is 0 Å². The summed E-state index contributed by atoms with van der Waals surface area (Å²) in [5, 5.41) is 0.609. The topological polar surface area (TPSA) is 60.4 Å². The van der Waals surface area contributed by atoms with Crippen LogP contribution in [0.3, 0.4) is 0 Å². The third-order valence-corrected chi connectivity index (χ3v) is 4.60. The molecule has 0 bridgehead atoms. The van der Waals surface area contributed by atoms with Crippen molar-refractivity contribution in [3.63, 3.8) is 0 Å². The monoisotopic (exact) mass is 317 g/mol. The summed E-state index contributed by atoms with van der Waals surface area (Å²) in [7, 11) is 0. The van der Waals surface area contributed by atoms with E-state index in [0.29, 0.717) is 27.8 Å². The van der Waals surface area contributed by atoms with Crippen molar-refractivity contribution in [1.82, 2.24) is 9.38 Å². The molecular formula is C15H12ClN3OS. The predicted molar refractivity (Wildman–Crippen MR) is 86.9 cm³/mol. The molecule has 0 atom stereocenters. The van der Waals surface area contributed by atoms with E-state index in [-0.39, 0.29) is 5.56 Å². The quantitative estimate of drug-likeness (QED) is 0.595. The maximum absolute atomic E-state index is 12.0. The smallest absolute Gasteiger partial charge is 0.258 e. The maximum Gasteiger partial charge on any atom is 0.258 e. The number of pyridine rings is 1. The number of hydrogen-bond donors (Lipinski definition) is 1. The van der Waals surface area contributed by atoms with Gasteiger partial charge in [0.1, 0.15) is 5.65 Å². The Morgan fingerprint density at radius 1 is 1.24 bits per heavy atom. The summed E-state index contributed by atoms with van der Waals surface area (Å²) in [5.41, 5.74) is 7.79. The molecule has 0 aliphatic heterocycles. The summed E-state index contributed by atoms with van der Waals surface area (Å²) < 4.78 is 1.51. The SMILES string of the molecule is Nc1cccc(Cl)c1SCc1cc(=O)n2ccccc2n1. The van der Waals surface area contributed by atoms with Gasteiger partial charge in [-0.2, -0.15) is 0 Å². The molecule has 0 saturated carbocycles. The van der Waals surface area contributed by atoms with Gasteiger partial charge in [0.15, 0.2) is 0 Å². The van der Waals surface area contributed by atoms with Crippen LogP contribution in [0.25, 0.3) is 5.65 Å². The van der Waals surface area contributed by atoms with Crippen LogP contribution in [0.4, 0.5) is 5.69 Å². The summed E-state index contributed by atoms with van der Waals surface area (Å²) in [5.74, 6) is 0.536. The summed E-state index contributed by atoms with van der Waals surface area (Å²) in [6.07, 6.45) is 1.70. The first-order valence-corrected chi connectivity index (χ1v) is 7.65. The van der Waals surface area contributed by atoms with Gasteiger partial charge in [0.2, 0.25) is 0 Å². The lowest BCUT2D eigenvalue weighted by Crippen LogP contribution is -2.14. The maximum atomic E-state index is 12.0. The molecule has 0 saturated heterocycles. The Balaban J connectivity index is 1.91. The minimum atomic E-state index is -0.0941. The normalized spacial score (nSPS) is 10.9. The zero-order valence-corrected chi connectivity index (χ0v) is 12.6. The van der Waals surface area contributed by atoms with Crippen LogP contribution in [-0.2, 0) is 5.75 Å². The Hall–Kier alpha value is -1.98. The number of halogens is 1. The Bertz CT molecular complexity index is 843. The van der Waals surface area contributed by atoms with E-state index in [2.05, 4.69) is 4.98 Å². The third kappa shape index (κ3) is 2.89. The van der Waals surface area contributed by atoms with Gasteiger partial charge in [-0.3, -0.25) is 9.20 Å². The number of nitrogens with two attached hydrogens (primary N) is 1. The molecule has 3 aromatic rings. The van der Waals surface area contributed by atoms with Crippen molar-refractivity contribution >= 4 is 34.7 Å². The fourth-order valence-corrected chi connectivity index (χ4v) is 3.23. The van der Waals surface area contributed by atoms with Crippen LogP contribution < -0.4 is 11.3 Å². The fourth-order valence-electron chi connectivity index (χ4n) is 2.00. The largest absolute Gasteiger partial charge is 0.398 e. The number of anilines is 1. The highest BCUT2D eigenvalue weighted by atomic mass is 35.5. The average Bonchev–Trinajstić information content (AvgIpc) is 2.47. The number of nitrogen functional groups attached to an aromatic ring is 1. The van der Waals surface area contributed by atoms with Crippen molar-refractivity contribution in [3.05, 3.63) is 69.7 Å². The molecule has 0 radical (unpaired) electrons. The molecular weight excluding hydrogens is 306 g/mol. The lowest BCUT2D eigenvalue weighted by molar-refractivity contribution is 1.01.